The molecule has 2 N–H and O–H groups in total. The van der Waals surface area contributed by atoms with Gasteiger partial charge in [-0.1, -0.05) is 42.3 Å². The number of non-ortho nitro benzene ring substituents is 1. The summed E-state index contributed by atoms with van der Waals surface area (Å²) in [4.78, 5) is 67.8. The molecule has 0 radical (unpaired) electrons. The summed E-state index contributed by atoms with van der Waals surface area (Å²) in [6.07, 6.45) is 0.302. The summed E-state index contributed by atoms with van der Waals surface area (Å²) < 4.78 is 34.4. The highest BCUT2D eigenvalue weighted by Crippen LogP contribution is 2.49. The molecule has 8 atom stereocenters. The van der Waals surface area contributed by atoms with Gasteiger partial charge in [-0.2, -0.15) is 0 Å². The first-order valence-electron chi connectivity index (χ1n) is 18.5. The number of ether oxygens (including phenoxy) is 6. The monoisotopic (exact) mass is 828 g/mol. The number of nitro groups is 1. The van der Waals surface area contributed by atoms with Crippen LogP contribution in [0.4, 0.5) is 16.2 Å². The van der Waals surface area contributed by atoms with Gasteiger partial charge in [-0.25, -0.2) is 9.59 Å². The van der Waals surface area contributed by atoms with Crippen molar-refractivity contribution < 1.29 is 57.6 Å². The van der Waals surface area contributed by atoms with Crippen LogP contribution in [0.5, 0.6) is 11.5 Å². The molecule has 0 aromatic heterocycles. The summed E-state index contributed by atoms with van der Waals surface area (Å²) >= 11 is 6.76. The number of esters is 1. The maximum atomic E-state index is 14.2. The van der Waals surface area contributed by atoms with Crippen LogP contribution < -0.4 is 19.7 Å². The van der Waals surface area contributed by atoms with Crippen molar-refractivity contribution in [2.75, 3.05) is 40.3 Å². The Hall–Kier alpha value is -5.23. The molecule has 2 aromatic carbocycles. The SMILES string of the molecule is COc1cc([N+](=O)[O-])ccc1C(=O)N(C)[C@@H](C)C(=O)O[C@H]1CC(=O)N(C)c2cc(cc(OC)c2Cl)C/C(C)=C/C=C/[C@@H](OC)[C@@]2(O)C[C@H](OC(=O)N2)[C@@H](C)[C@@H]2O[C@@]12C. The Kier molecular flexibility index (Phi) is 13.1. The van der Waals surface area contributed by atoms with Gasteiger partial charge in [0.25, 0.3) is 11.6 Å². The first-order chi connectivity index (χ1) is 27.3. The van der Waals surface area contributed by atoms with Crippen LogP contribution in [0.15, 0.2) is 54.1 Å². The van der Waals surface area contributed by atoms with Crippen LogP contribution in [0.2, 0.25) is 5.02 Å². The normalized spacial score (nSPS) is 29.3. The number of alkyl carbamates (subject to hydrolysis) is 1. The molecule has 0 unspecified atom stereocenters. The third-order valence-corrected chi connectivity index (χ3v) is 11.5. The van der Waals surface area contributed by atoms with Gasteiger partial charge in [0.2, 0.25) is 5.91 Å². The first-order valence-corrected chi connectivity index (χ1v) is 18.8. The molecule has 2 saturated heterocycles. The second-order valence-electron chi connectivity index (χ2n) is 15.0. The minimum atomic E-state index is -1.88. The number of benzene rings is 2. The number of carbonyl (C=O) groups excluding carboxylic acids is 4. The largest absolute Gasteiger partial charge is 0.496 e. The van der Waals surface area contributed by atoms with Gasteiger partial charge in [-0.05, 0) is 51.0 Å². The molecule has 58 heavy (non-hydrogen) atoms. The first kappa shape index (κ1) is 43.9. The number of amides is 3. The van der Waals surface area contributed by atoms with Crippen LogP contribution in [-0.2, 0) is 35.0 Å². The van der Waals surface area contributed by atoms with Gasteiger partial charge in [0.1, 0.15) is 46.5 Å². The standard InChI is InChI=1S/C40H49ClN4O13/c1-21-11-10-12-31(55-9)40(50)20-30(56-38(49)42-40)22(2)35-39(4,58-35)32(19-33(46)44(6)27-16-24(15-21)17-29(54-8)34(27)41)57-37(48)23(3)43(5)36(47)26-14-13-25(45(51)52)18-28(26)53-7/h10-14,16-18,22-23,30-32,35,50H,15,19-20H2,1-9H3,(H,42,49)/b12-10+,21-11+/t22-,23+,30+,31-,32+,35+,39+,40+/m1/s1. The van der Waals surface area contributed by atoms with E-state index >= 15 is 0 Å². The maximum absolute atomic E-state index is 14.2. The molecule has 2 fully saturated rings. The van der Waals surface area contributed by atoms with Gasteiger partial charge >= 0.3 is 12.1 Å². The number of hydrogen-bond acceptors (Lipinski definition) is 13. The Morgan fingerprint density at radius 3 is 2.48 bits per heavy atom. The average molecular weight is 829 g/mol. The number of carbonyl (C=O) groups is 4. The average Bonchev–Trinajstić information content (AvgIpc) is 3.89. The van der Waals surface area contributed by atoms with E-state index in [0.29, 0.717) is 17.9 Å². The molecular weight excluding hydrogens is 780 g/mol. The van der Waals surface area contributed by atoms with Crippen molar-refractivity contribution in [3.8, 4) is 11.5 Å². The lowest BCUT2D eigenvalue weighted by molar-refractivity contribution is -0.384. The number of aliphatic hydroxyl groups is 1. The van der Waals surface area contributed by atoms with Crippen LogP contribution >= 0.6 is 11.6 Å². The van der Waals surface area contributed by atoms with E-state index < -0.39 is 82.9 Å². The number of fused-ring (bicyclic) bond motifs is 5. The molecule has 314 valence electrons. The quantitative estimate of drug-likeness (QED) is 0.160. The Balaban J connectivity index is 1.52. The molecule has 0 spiro atoms. The van der Waals surface area contributed by atoms with Gasteiger partial charge in [0, 0.05) is 39.6 Å². The zero-order chi connectivity index (χ0) is 42.9. The minimum absolute atomic E-state index is 0.0340. The van der Waals surface area contributed by atoms with Gasteiger partial charge < -0.3 is 43.3 Å². The number of nitro benzene ring substituents is 1. The highest BCUT2D eigenvalue weighted by atomic mass is 35.5. The predicted octanol–water partition coefficient (Wildman–Crippen LogP) is 4.75. The highest BCUT2D eigenvalue weighted by molar-refractivity contribution is 6.35. The van der Waals surface area contributed by atoms with E-state index in [4.69, 9.17) is 40.0 Å². The molecule has 3 aliphatic rings. The molecule has 3 amide bonds. The molecule has 5 rings (SSSR count). The van der Waals surface area contributed by atoms with Crippen LogP contribution in [0.1, 0.15) is 56.5 Å². The van der Waals surface area contributed by atoms with E-state index in [9.17, 15) is 34.4 Å². The number of allylic oxidation sites excluding steroid dienone is 3. The number of methoxy groups -OCH3 is 3. The van der Waals surface area contributed by atoms with E-state index in [-0.39, 0.29) is 28.4 Å². The number of anilines is 1. The smallest absolute Gasteiger partial charge is 0.409 e. The summed E-state index contributed by atoms with van der Waals surface area (Å²) in [7, 11) is 7.01. The van der Waals surface area contributed by atoms with Crippen molar-refractivity contribution in [3.63, 3.8) is 0 Å². The van der Waals surface area contributed by atoms with E-state index in [0.717, 1.165) is 28.2 Å². The van der Waals surface area contributed by atoms with E-state index in [1.54, 1.807) is 38.1 Å². The van der Waals surface area contributed by atoms with Crippen molar-refractivity contribution in [2.45, 2.75) is 88.7 Å². The fraction of sp³-hybridized carbons (Fsp3) is 0.500. The Morgan fingerprint density at radius 2 is 1.84 bits per heavy atom. The third-order valence-electron chi connectivity index (χ3n) is 11.1. The lowest BCUT2D eigenvalue weighted by Gasteiger charge is -2.42. The molecule has 2 aromatic rings. The summed E-state index contributed by atoms with van der Waals surface area (Å²) in [5, 5.41) is 25.8. The van der Waals surface area contributed by atoms with Gasteiger partial charge in [0.05, 0.1) is 49.0 Å². The van der Waals surface area contributed by atoms with Crippen molar-refractivity contribution in [3.05, 3.63) is 80.4 Å². The third kappa shape index (κ3) is 8.92. The summed E-state index contributed by atoms with van der Waals surface area (Å²) in [6.45, 7) is 6.73. The second kappa shape index (κ2) is 17.3. The Labute approximate surface area is 340 Å². The Morgan fingerprint density at radius 1 is 1.16 bits per heavy atom. The number of likely N-dealkylation sites (N-methyl/N-ethyl adjacent to an activating group) is 1. The summed E-state index contributed by atoms with van der Waals surface area (Å²) in [6, 6.07) is 5.75. The van der Waals surface area contributed by atoms with Crippen LogP contribution in [0, 0.1) is 16.0 Å². The van der Waals surface area contributed by atoms with E-state index in [2.05, 4.69) is 5.32 Å². The van der Waals surface area contributed by atoms with Crippen molar-refractivity contribution in [1.82, 2.24) is 10.2 Å². The maximum Gasteiger partial charge on any atom is 0.409 e. The molecule has 0 aliphatic carbocycles. The fourth-order valence-electron chi connectivity index (χ4n) is 7.34. The highest BCUT2D eigenvalue weighted by Gasteiger charge is 2.64. The van der Waals surface area contributed by atoms with Crippen molar-refractivity contribution >= 4 is 46.9 Å². The zero-order valence-corrected chi connectivity index (χ0v) is 34.5. The van der Waals surface area contributed by atoms with E-state index in [1.165, 1.54) is 53.3 Å². The topological polar surface area (TPSA) is 209 Å². The predicted molar refractivity (Wildman–Crippen MR) is 210 cm³/mol. The lowest BCUT2D eigenvalue weighted by Crippen LogP contribution is -2.63. The van der Waals surface area contributed by atoms with Gasteiger partial charge in [-0.15, -0.1) is 0 Å². The number of halogens is 1. The van der Waals surface area contributed by atoms with Crippen molar-refractivity contribution in [1.29, 1.82) is 0 Å². The Bertz CT molecular complexity index is 2030. The number of nitrogens with zero attached hydrogens (tertiary/aromatic N) is 3. The number of nitrogens with one attached hydrogen (secondary N) is 1. The number of rotatable bonds is 8. The van der Waals surface area contributed by atoms with Crippen LogP contribution in [0.3, 0.4) is 0 Å². The fourth-order valence-corrected chi connectivity index (χ4v) is 7.65. The molecule has 18 heteroatoms. The molecular formula is C40H49ClN4O13. The number of epoxide rings is 1. The second-order valence-corrected chi connectivity index (χ2v) is 15.3. The van der Waals surface area contributed by atoms with E-state index in [1.807, 2.05) is 13.0 Å². The zero-order valence-electron chi connectivity index (χ0n) is 33.8. The molecule has 4 bridgehead atoms. The minimum Gasteiger partial charge on any atom is -0.496 e. The van der Waals surface area contributed by atoms with Gasteiger partial charge in [-0.3, -0.25) is 25.0 Å². The van der Waals surface area contributed by atoms with Crippen molar-refractivity contribution in [2.24, 2.45) is 5.92 Å². The van der Waals surface area contributed by atoms with Gasteiger partial charge in [0.15, 0.2) is 5.72 Å². The molecule has 3 aliphatic heterocycles. The van der Waals surface area contributed by atoms with Crippen LogP contribution in [0.25, 0.3) is 0 Å². The van der Waals surface area contributed by atoms with Crippen LogP contribution in [-0.4, -0.2) is 116 Å². The lowest BCUT2D eigenvalue weighted by atomic mass is 9.83. The number of hydrogen-bond donors (Lipinski definition) is 2. The molecule has 0 saturated carbocycles. The summed E-state index contributed by atoms with van der Waals surface area (Å²) in [5.74, 6) is -2.43. The molecule has 3 heterocycles. The molecule has 17 nitrogen and oxygen atoms in total. The summed E-state index contributed by atoms with van der Waals surface area (Å²) in [5.41, 5.74) is -1.53.